The number of hydrogen-bond acceptors (Lipinski definition) is 3. The van der Waals surface area contributed by atoms with Crippen LogP contribution < -0.4 is 11.3 Å². The number of anilines is 1. The fraction of sp³-hybridized carbons (Fsp3) is 0.333. The van der Waals surface area contributed by atoms with Crippen LogP contribution in [0.3, 0.4) is 0 Å². The van der Waals surface area contributed by atoms with E-state index in [0.717, 1.165) is 0 Å². The summed E-state index contributed by atoms with van der Waals surface area (Å²) in [6, 6.07) is 0. The Hall–Kier alpha value is -1.28. The van der Waals surface area contributed by atoms with Crippen molar-refractivity contribution in [2.24, 2.45) is 0 Å². The molecular weight excluding hydrogens is 246 g/mol. The number of nitrogens with two attached hydrogens (primary N) is 1. The van der Waals surface area contributed by atoms with Crippen molar-refractivity contribution in [2.75, 3.05) is 5.73 Å². The second kappa shape index (κ2) is 4.29. The molecule has 0 fully saturated rings. The fourth-order valence-corrected chi connectivity index (χ4v) is 1.66. The Bertz CT molecular complexity index is 445. The molecule has 0 atom stereocenters. The summed E-state index contributed by atoms with van der Waals surface area (Å²) in [4.78, 5) is 15.7. The Kier molecular flexibility index (Phi) is 3.31. The number of aromatic nitrogens is 2. The van der Waals surface area contributed by atoms with Crippen molar-refractivity contribution in [2.45, 2.75) is 19.9 Å². The lowest BCUT2D eigenvalue weighted by molar-refractivity contribution is 0.764. The van der Waals surface area contributed by atoms with Gasteiger partial charge in [-0.3, -0.25) is 9.36 Å². The molecule has 0 aliphatic carbocycles. The molecule has 0 aliphatic heterocycles. The number of nitrogen functional groups attached to an aromatic ring is 1. The Labute approximate surface area is 90.3 Å². The third kappa shape index (κ3) is 1.80. The smallest absolute Gasteiger partial charge is 0.270 e. The van der Waals surface area contributed by atoms with Crippen LogP contribution in [0.25, 0.3) is 0 Å². The van der Waals surface area contributed by atoms with Crippen LogP contribution in [0.4, 0.5) is 5.95 Å². The lowest BCUT2D eigenvalue weighted by atomic mass is 10.3. The number of nitrogens with zero attached hydrogens (tertiary/aromatic N) is 2. The van der Waals surface area contributed by atoms with E-state index < -0.39 is 0 Å². The van der Waals surface area contributed by atoms with E-state index in [1.807, 2.05) is 6.92 Å². The first-order chi connectivity index (χ1) is 6.61. The highest BCUT2D eigenvalue weighted by atomic mass is 79.9. The first-order valence-corrected chi connectivity index (χ1v) is 4.89. The van der Waals surface area contributed by atoms with Crippen LogP contribution in [0.2, 0.25) is 0 Å². The predicted octanol–water partition coefficient (Wildman–Crippen LogP) is 0.784. The summed E-state index contributed by atoms with van der Waals surface area (Å²) >= 11 is 3.18. The lowest BCUT2D eigenvalue weighted by Crippen LogP contribution is -2.26. The summed E-state index contributed by atoms with van der Waals surface area (Å²) < 4.78 is 1.69. The molecular formula is C9H10BrN3O. The first kappa shape index (κ1) is 10.8. The maximum Gasteiger partial charge on any atom is 0.270 e. The highest BCUT2D eigenvalue weighted by molar-refractivity contribution is 9.10. The normalized spacial score (nSPS) is 9.79. The van der Waals surface area contributed by atoms with Gasteiger partial charge in [0.05, 0.1) is 12.2 Å². The molecule has 1 aromatic rings. The molecule has 4 nitrogen and oxygen atoms in total. The van der Waals surface area contributed by atoms with Crippen molar-refractivity contribution in [3.05, 3.63) is 20.5 Å². The van der Waals surface area contributed by atoms with Gasteiger partial charge in [-0.25, -0.2) is 4.98 Å². The molecule has 1 aromatic heterocycles. The molecule has 0 aliphatic rings. The Morgan fingerprint density at radius 2 is 2.36 bits per heavy atom. The van der Waals surface area contributed by atoms with Crippen LogP contribution >= 0.6 is 15.9 Å². The van der Waals surface area contributed by atoms with Crippen molar-refractivity contribution in [3.8, 4) is 12.3 Å². The highest BCUT2D eigenvalue weighted by Crippen LogP contribution is 2.11. The number of terminal acetylenes is 1. The van der Waals surface area contributed by atoms with E-state index in [9.17, 15) is 4.79 Å². The lowest BCUT2D eigenvalue weighted by Gasteiger charge is -2.08. The molecule has 0 amide bonds. The van der Waals surface area contributed by atoms with Gasteiger partial charge in [0.1, 0.15) is 4.47 Å². The molecule has 0 bridgehead atoms. The van der Waals surface area contributed by atoms with Crippen LogP contribution in [-0.2, 0) is 13.0 Å². The molecule has 5 heteroatoms. The molecule has 0 saturated carbocycles. The van der Waals surface area contributed by atoms with E-state index in [1.165, 1.54) is 4.57 Å². The third-order valence-electron chi connectivity index (χ3n) is 1.80. The Morgan fingerprint density at radius 1 is 1.71 bits per heavy atom. The third-order valence-corrected chi connectivity index (χ3v) is 2.59. The van der Waals surface area contributed by atoms with Gasteiger partial charge in [-0.05, 0) is 22.4 Å². The number of hydrogen-bond donors (Lipinski definition) is 1. The molecule has 0 saturated heterocycles. The van der Waals surface area contributed by atoms with E-state index in [2.05, 4.69) is 26.8 Å². The van der Waals surface area contributed by atoms with Gasteiger partial charge in [0, 0.05) is 0 Å². The average molecular weight is 256 g/mol. The van der Waals surface area contributed by atoms with Crippen molar-refractivity contribution >= 4 is 21.9 Å². The van der Waals surface area contributed by atoms with Crippen molar-refractivity contribution < 1.29 is 0 Å². The van der Waals surface area contributed by atoms with Crippen LogP contribution in [0, 0.1) is 12.3 Å². The van der Waals surface area contributed by atoms with Crippen LogP contribution in [0.15, 0.2) is 9.27 Å². The minimum atomic E-state index is -0.229. The molecule has 0 unspecified atom stereocenters. The molecule has 0 radical (unpaired) electrons. The Balaban J connectivity index is 3.43. The van der Waals surface area contributed by atoms with E-state index in [1.54, 1.807) is 0 Å². The topological polar surface area (TPSA) is 60.9 Å². The standard InChI is InChI=1S/C9H10BrN3O/c1-3-5-13-8(14)7(10)6(4-2)12-9(13)11/h1H,4-5H2,2H3,(H2,11,12). The number of aryl methyl sites for hydroxylation is 1. The van der Waals surface area contributed by atoms with Crippen LogP contribution in [0.5, 0.6) is 0 Å². The SMILES string of the molecule is C#CCn1c(N)nc(CC)c(Br)c1=O. The zero-order valence-electron chi connectivity index (χ0n) is 7.75. The zero-order chi connectivity index (χ0) is 10.7. The monoisotopic (exact) mass is 255 g/mol. The molecule has 0 aromatic carbocycles. The molecule has 0 spiro atoms. The zero-order valence-corrected chi connectivity index (χ0v) is 9.34. The molecule has 14 heavy (non-hydrogen) atoms. The Morgan fingerprint density at radius 3 is 2.86 bits per heavy atom. The van der Waals surface area contributed by atoms with Gasteiger partial charge in [0.2, 0.25) is 5.95 Å². The fourth-order valence-electron chi connectivity index (χ4n) is 1.07. The maximum absolute atomic E-state index is 11.7. The molecule has 74 valence electrons. The van der Waals surface area contributed by atoms with E-state index >= 15 is 0 Å². The van der Waals surface area contributed by atoms with E-state index in [-0.39, 0.29) is 18.1 Å². The predicted molar refractivity (Wildman–Crippen MR) is 58.8 cm³/mol. The van der Waals surface area contributed by atoms with Gasteiger partial charge >= 0.3 is 0 Å². The second-order valence-corrected chi connectivity index (χ2v) is 3.47. The van der Waals surface area contributed by atoms with Crippen LogP contribution in [0.1, 0.15) is 12.6 Å². The minimum Gasteiger partial charge on any atom is -0.369 e. The summed E-state index contributed by atoms with van der Waals surface area (Å²) in [5.41, 5.74) is 6.01. The average Bonchev–Trinajstić information content (AvgIpc) is 2.18. The summed E-state index contributed by atoms with van der Waals surface area (Å²) in [6.45, 7) is 2.04. The molecule has 1 rings (SSSR count). The van der Waals surface area contributed by atoms with Gasteiger partial charge < -0.3 is 5.73 Å². The summed E-state index contributed by atoms with van der Waals surface area (Å²) in [7, 11) is 0. The van der Waals surface area contributed by atoms with E-state index in [4.69, 9.17) is 12.2 Å². The minimum absolute atomic E-state index is 0.139. The van der Waals surface area contributed by atoms with Gasteiger partial charge in [0.25, 0.3) is 5.56 Å². The molecule has 1 heterocycles. The summed E-state index contributed by atoms with van der Waals surface area (Å²) in [6.07, 6.45) is 5.76. The largest absolute Gasteiger partial charge is 0.369 e. The number of rotatable bonds is 2. The first-order valence-electron chi connectivity index (χ1n) is 4.10. The van der Waals surface area contributed by atoms with Crippen LogP contribution in [-0.4, -0.2) is 9.55 Å². The summed E-state index contributed by atoms with van der Waals surface area (Å²) in [5, 5.41) is 0. The second-order valence-electron chi connectivity index (χ2n) is 2.68. The highest BCUT2D eigenvalue weighted by Gasteiger charge is 2.10. The van der Waals surface area contributed by atoms with E-state index in [0.29, 0.717) is 16.6 Å². The summed E-state index contributed by atoms with van der Waals surface area (Å²) in [5.74, 6) is 2.51. The van der Waals surface area contributed by atoms with Crippen molar-refractivity contribution in [3.63, 3.8) is 0 Å². The maximum atomic E-state index is 11.7. The quantitative estimate of drug-likeness (QED) is 0.795. The van der Waals surface area contributed by atoms with Crippen molar-refractivity contribution in [1.82, 2.24) is 9.55 Å². The van der Waals surface area contributed by atoms with Crippen molar-refractivity contribution in [1.29, 1.82) is 0 Å². The van der Waals surface area contributed by atoms with Gasteiger partial charge in [0.15, 0.2) is 0 Å². The van der Waals surface area contributed by atoms with Gasteiger partial charge in [-0.15, -0.1) is 6.42 Å². The van der Waals surface area contributed by atoms with Gasteiger partial charge in [-0.2, -0.15) is 0 Å². The molecule has 2 N–H and O–H groups in total. The number of halogens is 1. The van der Waals surface area contributed by atoms with Gasteiger partial charge in [-0.1, -0.05) is 12.8 Å².